The number of hydrogen-bond donors (Lipinski definition) is 0. The minimum atomic E-state index is 0.938. The molecule has 0 aliphatic heterocycles. The van der Waals surface area contributed by atoms with Crippen molar-refractivity contribution in [1.29, 1.82) is 0 Å². The van der Waals surface area contributed by atoms with Gasteiger partial charge in [0.2, 0.25) is 0 Å². The summed E-state index contributed by atoms with van der Waals surface area (Å²) in [5, 5.41) is 0. The van der Waals surface area contributed by atoms with Gasteiger partial charge < -0.3 is 0 Å². The van der Waals surface area contributed by atoms with Gasteiger partial charge in [0.05, 0.1) is 12.4 Å². The van der Waals surface area contributed by atoms with Crippen LogP contribution in [0.4, 0.5) is 0 Å². The summed E-state index contributed by atoms with van der Waals surface area (Å²) in [6.45, 7) is 1.13. The SMILES string of the molecule is c1ccc(-[n+]2ccc(-c3cc[n+](CCCCC4CCCC4)cc3)cc2)nc1. The second-order valence-corrected chi connectivity index (χ2v) is 7.65. The van der Waals surface area contributed by atoms with Gasteiger partial charge >= 0.3 is 5.82 Å². The Balaban J connectivity index is 1.31. The minimum absolute atomic E-state index is 0.938. The van der Waals surface area contributed by atoms with Crippen LogP contribution in [0.15, 0.2) is 73.4 Å². The van der Waals surface area contributed by atoms with Crippen molar-refractivity contribution in [1.82, 2.24) is 4.98 Å². The maximum Gasteiger partial charge on any atom is 0.327 e. The van der Waals surface area contributed by atoms with Crippen LogP contribution in [-0.2, 0) is 6.54 Å². The quantitative estimate of drug-likeness (QED) is 0.443. The first kappa shape index (κ1) is 17.8. The van der Waals surface area contributed by atoms with Gasteiger partial charge in [-0.3, -0.25) is 0 Å². The standard InChI is InChI=1S/C24H29N3/c1-2-8-21(7-1)9-4-6-16-26-17-11-22(12-18-26)23-13-19-27(20-14-23)24-10-3-5-15-25-24/h3,5,10-15,17-21H,1-2,4,6-9,16H2/q+2. The number of pyridine rings is 3. The Kier molecular flexibility index (Phi) is 5.88. The third-order valence-electron chi connectivity index (χ3n) is 5.72. The van der Waals surface area contributed by atoms with Gasteiger partial charge in [0.25, 0.3) is 0 Å². The Hall–Kier alpha value is -2.55. The van der Waals surface area contributed by atoms with Crippen LogP contribution >= 0.6 is 0 Å². The van der Waals surface area contributed by atoms with Gasteiger partial charge in [-0.1, -0.05) is 38.2 Å². The van der Waals surface area contributed by atoms with Crippen LogP contribution in [-0.4, -0.2) is 4.98 Å². The molecule has 1 saturated carbocycles. The highest BCUT2D eigenvalue weighted by molar-refractivity contribution is 5.61. The molecule has 0 atom stereocenters. The number of nitrogens with zero attached hydrogens (tertiary/aromatic N) is 3. The van der Waals surface area contributed by atoms with E-state index >= 15 is 0 Å². The minimum Gasteiger partial charge on any atom is -0.205 e. The molecule has 3 heterocycles. The van der Waals surface area contributed by atoms with Gasteiger partial charge in [-0.05, 0) is 46.6 Å². The van der Waals surface area contributed by atoms with Crippen LogP contribution in [0.25, 0.3) is 16.9 Å². The molecule has 0 radical (unpaired) electrons. The van der Waals surface area contributed by atoms with E-state index < -0.39 is 0 Å². The number of rotatable bonds is 7. The maximum absolute atomic E-state index is 4.38. The van der Waals surface area contributed by atoms with E-state index in [0.717, 1.165) is 18.3 Å². The Morgan fingerprint density at radius 1 is 0.815 bits per heavy atom. The van der Waals surface area contributed by atoms with Crippen LogP contribution in [0, 0.1) is 5.92 Å². The van der Waals surface area contributed by atoms with Crippen LogP contribution in [0.5, 0.6) is 0 Å². The molecule has 3 nitrogen and oxygen atoms in total. The lowest BCUT2D eigenvalue weighted by Crippen LogP contribution is -2.32. The van der Waals surface area contributed by atoms with Crippen LogP contribution in [0.3, 0.4) is 0 Å². The fourth-order valence-electron chi connectivity index (χ4n) is 4.10. The topological polar surface area (TPSA) is 20.6 Å². The molecular weight excluding hydrogens is 330 g/mol. The summed E-state index contributed by atoms with van der Waals surface area (Å²) >= 11 is 0. The second kappa shape index (κ2) is 8.90. The molecule has 0 unspecified atom stereocenters. The monoisotopic (exact) mass is 359 g/mol. The molecule has 1 fully saturated rings. The molecule has 0 spiro atoms. The summed E-state index contributed by atoms with van der Waals surface area (Å²) in [6, 6.07) is 14.7. The van der Waals surface area contributed by atoms with Crippen LogP contribution in [0.1, 0.15) is 44.9 Å². The summed E-state index contributed by atoms with van der Waals surface area (Å²) in [5.41, 5.74) is 2.49. The van der Waals surface area contributed by atoms with E-state index in [9.17, 15) is 0 Å². The Morgan fingerprint density at radius 3 is 2.19 bits per heavy atom. The van der Waals surface area contributed by atoms with Crippen LogP contribution in [0.2, 0.25) is 0 Å². The average Bonchev–Trinajstić information content (AvgIpc) is 3.26. The lowest BCUT2D eigenvalue weighted by atomic mass is 10.0. The molecule has 3 heteroatoms. The molecule has 0 aromatic carbocycles. The molecule has 0 N–H and O–H groups in total. The lowest BCUT2D eigenvalue weighted by Gasteiger charge is -2.07. The van der Waals surface area contributed by atoms with E-state index in [1.807, 2.05) is 29.0 Å². The van der Waals surface area contributed by atoms with Crippen molar-refractivity contribution in [3.05, 3.63) is 73.4 Å². The third kappa shape index (κ3) is 4.79. The fourth-order valence-corrected chi connectivity index (χ4v) is 4.10. The highest BCUT2D eigenvalue weighted by atomic mass is 15.0. The van der Waals surface area contributed by atoms with Crippen molar-refractivity contribution < 1.29 is 9.13 Å². The van der Waals surface area contributed by atoms with Crippen molar-refractivity contribution in [3.8, 4) is 16.9 Å². The lowest BCUT2D eigenvalue weighted by molar-refractivity contribution is -0.697. The summed E-state index contributed by atoms with van der Waals surface area (Å²) in [6.07, 6.45) is 20.3. The summed E-state index contributed by atoms with van der Waals surface area (Å²) in [7, 11) is 0. The van der Waals surface area contributed by atoms with Crippen LogP contribution < -0.4 is 9.13 Å². The normalized spacial score (nSPS) is 14.5. The number of aryl methyl sites for hydroxylation is 1. The average molecular weight is 360 g/mol. The van der Waals surface area contributed by atoms with Crippen molar-refractivity contribution in [2.24, 2.45) is 5.92 Å². The molecule has 1 aliphatic rings. The first-order valence-electron chi connectivity index (χ1n) is 10.3. The van der Waals surface area contributed by atoms with E-state index in [1.165, 1.54) is 56.1 Å². The number of unbranched alkanes of at least 4 members (excludes halogenated alkanes) is 1. The Morgan fingerprint density at radius 2 is 1.52 bits per heavy atom. The molecule has 0 saturated heterocycles. The van der Waals surface area contributed by atoms with Gasteiger partial charge in [-0.15, -0.1) is 0 Å². The predicted octanol–water partition coefficient (Wildman–Crippen LogP) is 4.67. The molecule has 4 rings (SSSR count). The van der Waals surface area contributed by atoms with E-state index in [4.69, 9.17) is 0 Å². The molecule has 3 aromatic heterocycles. The third-order valence-corrected chi connectivity index (χ3v) is 5.72. The molecule has 1 aliphatic carbocycles. The highest BCUT2D eigenvalue weighted by Gasteiger charge is 2.14. The van der Waals surface area contributed by atoms with E-state index in [0.29, 0.717) is 0 Å². The zero-order chi connectivity index (χ0) is 18.3. The highest BCUT2D eigenvalue weighted by Crippen LogP contribution is 2.28. The molecule has 138 valence electrons. The van der Waals surface area contributed by atoms with Gasteiger partial charge in [0.1, 0.15) is 12.7 Å². The van der Waals surface area contributed by atoms with Crippen molar-refractivity contribution in [2.45, 2.75) is 51.5 Å². The molecule has 0 amide bonds. The fraction of sp³-hybridized carbons (Fsp3) is 0.375. The second-order valence-electron chi connectivity index (χ2n) is 7.65. The summed E-state index contributed by atoms with van der Waals surface area (Å²) < 4.78 is 4.35. The first-order chi connectivity index (χ1) is 13.4. The molecule has 0 bridgehead atoms. The summed E-state index contributed by atoms with van der Waals surface area (Å²) in [5.74, 6) is 1.96. The van der Waals surface area contributed by atoms with Gasteiger partial charge in [0, 0.05) is 24.6 Å². The number of hydrogen-bond acceptors (Lipinski definition) is 1. The predicted molar refractivity (Wildman–Crippen MR) is 107 cm³/mol. The molecule has 27 heavy (non-hydrogen) atoms. The zero-order valence-corrected chi connectivity index (χ0v) is 16.0. The van der Waals surface area contributed by atoms with E-state index in [-0.39, 0.29) is 0 Å². The molecular formula is C24H29N3+2. The maximum atomic E-state index is 4.38. The number of aromatic nitrogens is 3. The zero-order valence-electron chi connectivity index (χ0n) is 16.0. The Labute approximate surface area is 162 Å². The van der Waals surface area contributed by atoms with Crippen molar-refractivity contribution >= 4 is 0 Å². The smallest absolute Gasteiger partial charge is 0.205 e. The van der Waals surface area contributed by atoms with E-state index in [1.54, 1.807) is 0 Å². The van der Waals surface area contributed by atoms with Gasteiger partial charge in [-0.25, -0.2) is 9.13 Å². The Bertz CT molecular complexity index is 820. The van der Waals surface area contributed by atoms with Crippen molar-refractivity contribution in [3.63, 3.8) is 0 Å². The summed E-state index contributed by atoms with van der Waals surface area (Å²) in [4.78, 5) is 4.38. The van der Waals surface area contributed by atoms with Crippen molar-refractivity contribution in [2.75, 3.05) is 0 Å². The van der Waals surface area contributed by atoms with Gasteiger partial charge in [0.15, 0.2) is 12.4 Å². The van der Waals surface area contributed by atoms with E-state index in [2.05, 4.69) is 58.6 Å². The molecule has 3 aromatic rings. The largest absolute Gasteiger partial charge is 0.327 e. The first-order valence-corrected chi connectivity index (χ1v) is 10.3. The van der Waals surface area contributed by atoms with Gasteiger partial charge in [-0.2, -0.15) is 0 Å².